The number of aromatic nitrogens is 2. The van der Waals surface area contributed by atoms with Crippen LogP contribution in [0.3, 0.4) is 0 Å². The quantitative estimate of drug-likeness (QED) is 0.582. The highest BCUT2D eigenvalue weighted by atomic mass is 16.5. The number of hydrogen-bond acceptors (Lipinski definition) is 3. The predicted molar refractivity (Wildman–Crippen MR) is 62.3 cm³/mol. The van der Waals surface area contributed by atoms with Crippen molar-refractivity contribution in [3.8, 4) is 0 Å². The van der Waals surface area contributed by atoms with E-state index >= 15 is 0 Å². The van der Waals surface area contributed by atoms with Crippen LogP contribution in [-0.4, -0.2) is 21.9 Å². The summed E-state index contributed by atoms with van der Waals surface area (Å²) in [6.07, 6.45) is 4.50. The molecule has 1 aromatic rings. The molecule has 1 aromatic heterocycles. The molecular formula is C12H18N2O2. The molecular weight excluding hydrogens is 204 g/mol. The van der Waals surface area contributed by atoms with Crippen molar-refractivity contribution in [3.63, 3.8) is 0 Å². The van der Waals surface area contributed by atoms with Crippen LogP contribution in [-0.2, 0) is 10.3 Å². The van der Waals surface area contributed by atoms with Crippen molar-refractivity contribution in [1.29, 1.82) is 0 Å². The van der Waals surface area contributed by atoms with Gasteiger partial charge in [-0.1, -0.05) is 12.7 Å². The van der Waals surface area contributed by atoms with Crippen molar-refractivity contribution in [2.45, 2.75) is 39.3 Å². The molecule has 0 bridgehead atoms. The summed E-state index contributed by atoms with van der Waals surface area (Å²) >= 11 is 0. The molecule has 0 radical (unpaired) electrons. The molecule has 4 heteroatoms. The van der Waals surface area contributed by atoms with E-state index in [2.05, 4.69) is 11.7 Å². The molecule has 0 unspecified atom stereocenters. The number of esters is 1. The average Bonchev–Trinajstić information content (AvgIpc) is 2.65. The van der Waals surface area contributed by atoms with Gasteiger partial charge in [0.25, 0.3) is 0 Å². The van der Waals surface area contributed by atoms with Crippen LogP contribution in [0.5, 0.6) is 0 Å². The second-order valence-corrected chi connectivity index (χ2v) is 4.69. The van der Waals surface area contributed by atoms with Crippen LogP contribution in [0.25, 0.3) is 0 Å². The molecule has 88 valence electrons. The van der Waals surface area contributed by atoms with Crippen LogP contribution in [0.4, 0.5) is 0 Å². The SMILES string of the molecule is C=C[C@H](C)OC(=O)c1cnn(C(C)(C)C)c1. The van der Waals surface area contributed by atoms with Crippen molar-refractivity contribution < 1.29 is 9.53 Å². The minimum atomic E-state index is -0.372. The van der Waals surface area contributed by atoms with Crippen LogP contribution in [0.15, 0.2) is 25.0 Å². The van der Waals surface area contributed by atoms with E-state index < -0.39 is 0 Å². The highest BCUT2D eigenvalue weighted by molar-refractivity contribution is 5.88. The van der Waals surface area contributed by atoms with Gasteiger partial charge in [0.2, 0.25) is 0 Å². The molecule has 0 saturated carbocycles. The van der Waals surface area contributed by atoms with Gasteiger partial charge in [-0.25, -0.2) is 4.79 Å². The maximum Gasteiger partial charge on any atom is 0.341 e. The molecule has 1 atom stereocenters. The zero-order valence-electron chi connectivity index (χ0n) is 10.2. The van der Waals surface area contributed by atoms with Gasteiger partial charge in [-0.15, -0.1) is 0 Å². The van der Waals surface area contributed by atoms with Gasteiger partial charge in [0.05, 0.1) is 17.3 Å². The Balaban J connectivity index is 2.78. The Morgan fingerprint density at radius 3 is 2.69 bits per heavy atom. The Morgan fingerprint density at radius 2 is 2.25 bits per heavy atom. The van der Waals surface area contributed by atoms with Crippen LogP contribution < -0.4 is 0 Å². The first-order chi connectivity index (χ1) is 7.34. The maximum absolute atomic E-state index is 11.6. The minimum Gasteiger partial charge on any atom is -0.455 e. The van der Waals surface area contributed by atoms with Gasteiger partial charge in [-0.05, 0) is 27.7 Å². The van der Waals surface area contributed by atoms with E-state index in [-0.39, 0.29) is 17.6 Å². The van der Waals surface area contributed by atoms with Crippen molar-refractivity contribution in [2.24, 2.45) is 0 Å². The molecule has 4 nitrogen and oxygen atoms in total. The molecule has 0 fully saturated rings. The summed E-state index contributed by atoms with van der Waals surface area (Å²) in [4.78, 5) is 11.6. The third kappa shape index (κ3) is 2.95. The molecule has 0 aliphatic carbocycles. The van der Waals surface area contributed by atoms with Crippen LogP contribution in [0.2, 0.25) is 0 Å². The predicted octanol–water partition coefficient (Wildman–Crippen LogP) is 2.37. The van der Waals surface area contributed by atoms with E-state index in [1.165, 1.54) is 6.20 Å². The molecule has 1 rings (SSSR count). The number of carbonyl (C=O) groups is 1. The van der Waals surface area contributed by atoms with E-state index in [0.29, 0.717) is 5.56 Å². The lowest BCUT2D eigenvalue weighted by atomic mass is 10.1. The fourth-order valence-corrected chi connectivity index (χ4v) is 1.08. The highest BCUT2D eigenvalue weighted by Crippen LogP contribution is 2.14. The van der Waals surface area contributed by atoms with Crippen molar-refractivity contribution >= 4 is 5.97 Å². The lowest BCUT2D eigenvalue weighted by Crippen LogP contribution is -2.22. The van der Waals surface area contributed by atoms with Gasteiger partial charge < -0.3 is 4.74 Å². The summed E-state index contributed by atoms with van der Waals surface area (Å²) in [5, 5.41) is 4.13. The topological polar surface area (TPSA) is 44.1 Å². The van der Waals surface area contributed by atoms with E-state index in [1.807, 2.05) is 20.8 Å². The van der Waals surface area contributed by atoms with Crippen molar-refractivity contribution in [3.05, 3.63) is 30.6 Å². The number of ether oxygens (including phenoxy) is 1. The Bertz CT molecular complexity index is 388. The maximum atomic E-state index is 11.6. The third-order valence-electron chi connectivity index (χ3n) is 2.13. The fourth-order valence-electron chi connectivity index (χ4n) is 1.08. The monoisotopic (exact) mass is 222 g/mol. The normalized spacial score (nSPS) is 13.2. The standard InChI is InChI=1S/C12H18N2O2/c1-6-9(2)16-11(15)10-7-13-14(8-10)12(3,4)5/h6-9H,1H2,2-5H3/t9-/m0/s1. The summed E-state index contributed by atoms with van der Waals surface area (Å²) in [7, 11) is 0. The Morgan fingerprint density at radius 1 is 1.62 bits per heavy atom. The number of nitrogens with zero attached hydrogens (tertiary/aromatic N) is 2. The Kier molecular flexibility index (Phi) is 3.52. The highest BCUT2D eigenvalue weighted by Gasteiger charge is 2.18. The minimum absolute atomic E-state index is 0.136. The van der Waals surface area contributed by atoms with Crippen molar-refractivity contribution in [1.82, 2.24) is 9.78 Å². The van der Waals surface area contributed by atoms with E-state index in [0.717, 1.165) is 0 Å². The van der Waals surface area contributed by atoms with Crippen LogP contribution in [0.1, 0.15) is 38.1 Å². The molecule has 0 aliphatic heterocycles. The second-order valence-electron chi connectivity index (χ2n) is 4.69. The van der Waals surface area contributed by atoms with Gasteiger partial charge >= 0.3 is 5.97 Å². The van der Waals surface area contributed by atoms with Crippen molar-refractivity contribution in [2.75, 3.05) is 0 Å². The van der Waals surface area contributed by atoms with Gasteiger partial charge in [-0.2, -0.15) is 5.10 Å². The first-order valence-corrected chi connectivity index (χ1v) is 5.23. The largest absolute Gasteiger partial charge is 0.455 e. The van der Waals surface area contributed by atoms with E-state index in [9.17, 15) is 4.79 Å². The number of hydrogen-bond donors (Lipinski definition) is 0. The smallest absolute Gasteiger partial charge is 0.341 e. The molecule has 0 aliphatic rings. The van der Waals surface area contributed by atoms with Gasteiger partial charge in [0.15, 0.2) is 0 Å². The summed E-state index contributed by atoms with van der Waals surface area (Å²) in [6.45, 7) is 11.4. The molecule has 0 aromatic carbocycles. The van der Waals surface area contributed by atoms with E-state index in [4.69, 9.17) is 4.74 Å². The summed E-state index contributed by atoms with van der Waals surface area (Å²) in [6, 6.07) is 0. The van der Waals surface area contributed by atoms with Gasteiger partial charge in [0.1, 0.15) is 6.10 Å². The van der Waals surface area contributed by atoms with Crippen LogP contribution in [0, 0.1) is 0 Å². The zero-order valence-corrected chi connectivity index (χ0v) is 10.2. The van der Waals surface area contributed by atoms with Gasteiger partial charge in [0, 0.05) is 6.20 Å². The fraction of sp³-hybridized carbons (Fsp3) is 0.500. The summed E-state index contributed by atoms with van der Waals surface area (Å²) in [5.74, 6) is -0.372. The summed E-state index contributed by atoms with van der Waals surface area (Å²) in [5.41, 5.74) is 0.325. The van der Waals surface area contributed by atoms with Crippen LogP contribution >= 0.6 is 0 Å². The van der Waals surface area contributed by atoms with E-state index in [1.54, 1.807) is 23.9 Å². The Labute approximate surface area is 95.9 Å². The number of carbonyl (C=O) groups excluding carboxylic acids is 1. The third-order valence-corrected chi connectivity index (χ3v) is 2.13. The zero-order chi connectivity index (χ0) is 12.3. The van der Waals surface area contributed by atoms with Gasteiger partial charge in [-0.3, -0.25) is 4.68 Å². The first kappa shape index (κ1) is 12.5. The molecule has 0 amide bonds. The lowest BCUT2D eigenvalue weighted by molar-refractivity contribution is 0.0425. The molecule has 1 heterocycles. The molecule has 0 saturated heterocycles. The molecule has 0 spiro atoms. The molecule has 0 N–H and O–H groups in total. The Hall–Kier alpha value is -1.58. The first-order valence-electron chi connectivity index (χ1n) is 5.23. The lowest BCUT2D eigenvalue weighted by Gasteiger charge is -2.18. The molecule has 16 heavy (non-hydrogen) atoms. The number of rotatable bonds is 3. The summed E-state index contributed by atoms with van der Waals surface area (Å²) < 4.78 is 6.84. The second kappa shape index (κ2) is 4.51. The average molecular weight is 222 g/mol.